The molecule has 0 aromatic rings. The van der Waals surface area contributed by atoms with Crippen molar-refractivity contribution in [1.82, 2.24) is 0 Å². The van der Waals surface area contributed by atoms with Crippen molar-refractivity contribution < 1.29 is 0 Å². The molecule has 3 saturated carbocycles. The zero-order valence-electron chi connectivity index (χ0n) is 18.2. The summed E-state index contributed by atoms with van der Waals surface area (Å²) in [5.74, 6) is 5.93. The molecular weight excluding hydrogens is 324 g/mol. The minimum atomic E-state index is 0.798. The number of hydrogen-bond acceptors (Lipinski definition) is 0. The summed E-state index contributed by atoms with van der Waals surface area (Å²) in [6.45, 7) is 6.32. The molecule has 0 radical (unpaired) electrons. The first-order valence-corrected chi connectivity index (χ1v) is 12.6. The molecule has 3 aliphatic carbocycles. The monoisotopic (exact) mass is 370 g/mol. The van der Waals surface area contributed by atoms with Crippen molar-refractivity contribution in [3.8, 4) is 0 Å². The molecular formula is C27H46. The second-order valence-corrected chi connectivity index (χ2v) is 10.3. The van der Waals surface area contributed by atoms with Crippen molar-refractivity contribution in [3.05, 3.63) is 24.8 Å². The molecule has 0 N–H and O–H groups in total. The number of rotatable bonds is 8. The molecule has 154 valence electrons. The Bertz CT molecular complexity index is 423. The smallest absolute Gasteiger partial charge is 0.0233 e. The highest BCUT2D eigenvalue weighted by molar-refractivity contribution is 4.94. The summed E-state index contributed by atoms with van der Waals surface area (Å²) in [6, 6.07) is 0. The van der Waals surface area contributed by atoms with Gasteiger partial charge in [-0.15, -0.1) is 6.58 Å². The van der Waals surface area contributed by atoms with E-state index in [0.29, 0.717) is 0 Å². The summed E-state index contributed by atoms with van der Waals surface area (Å²) < 4.78 is 0. The second-order valence-electron chi connectivity index (χ2n) is 10.3. The van der Waals surface area contributed by atoms with Gasteiger partial charge in [0.1, 0.15) is 0 Å². The van der Waals surface area contributed by atoms with Crippen LogP contribution in [0.2, 0.25) is 0 Å². The van der Waals surface area contributed by atoms with Gasteiger partial charge in [0.2, 0.25) is 0 Å². The first-order chi connectivity index (χ1) is 13.3. The lowest BCUT2D eigenvalue weighted by molar-refractivity contribution is 0.141. The van der Waals surface area contributed by atoms with Gasteiger partial charge in [-0.25, -0.2) is 0 Å². The van der Waals surface area contributed by atoms with E-state index in [4.69, 9.17) is 0 Å². The predicted octanol–water partition coefficient (Wildman–Crippen LogP) is 8.73. The van der Waals surface area contributed by atoms with Crippen LogP contribution >= 0.6 is 0 Å². The van der Waals surface area contributed by atoms with Crippen LogP contribution in [0.5, 0.6) is 0 Å². The normalized spacial score (nSPS) is 38.1. The SMILES string of the molecule is C=CC1CCC(/C=C/CCC2CCC(C3CCC(CCC)CC3)CC2)CC1. The highest BCUT2D eigenvalue weighted by Gasteiger charge is 2.30. The maximum absolute atomic E-state index is 3.96. The largest absolute Gasteiger partial charge is 0.103 e. The van der Waals surface area contributed by atoms with Crippen LogP contribution in [0.1, 0.15) is 110 Å². The summed E-state index contributed by atoms with van der Waals surface area (Å²) in [4.78, 5) is 0. The fourth-order valence-corrected chi connectivity index (χ4v) is 6.50. The van der Waals surface area contributed by atoms with Crippen LogP contribution in [0.15, 0.2) is 24.8 Å². The lowest BCUT2D eigenvalue weighted by Crippen LogP contribution is -2.25. The average molecular weight is 371 g/mol. The van der Waals surface area contributed by atoms with E-state index >= 15 is 0 Å². The Morgan fingerprint density at radius 1 is 0.667 bits per heavy atom. The van der Waals surface area contributed by atoms with Crippen LogP contribution in [-0.2, 0) is 0 Å². The van der Waals surface area contributed by atoms with Crippen molar-refractivity contribution in [2.45, 2.75) is 110 Å². The highest BCUT2D eigenvalue weighted by atomic mass is 14.4. The Kier molecular flexibility index (Phi) is 9.01. The van der Waals surface area contributed by atoms with Gasteiger partial charge in [0.15, 0.2) is 0 Å². The minimum Gasteiger partial charge on any atom is -0.103 e. The van der Waals surface area contributed by atoms with Gasteiger partial charge in [0.05, 0.1) is 0 Å². The van der Waals surface area contributed by atoms with E-state index in [1.807, 2.05) is 0 Å². The highest BCUT2D eigenvalue weighted by Crippen LogP contribution is 2.43. The first-order valence-electron chi connectivity index (χ1n) is 12.6. The van der Waals surface area contributed by atoms with Crippen LogP contribution in [0.4, 0.5) is 0 Å². The van der Waals surface area contributed by atoms with E-state index in [-0.39, 0.29) is 0 Å². The lowest BCUT2D eigenvalue weighted by atomic mass is 9.68. The molecule has 3 fully saturated rings. The Hall–Kier alpha value is -0.520. The van der Waals surface area contributed by atoms with Crippen molar-refractivity contribution in [1.29, 1.82) is 0 Å². The zero-order valence-corrected chi connectivity index (χ0v) is 18.2. The van der Waals surface area contributed by atoms with Crippen molar-refractivity contribution in [3.63, 3.8) is 0 Å². The molecule has 3 rings (SSSR count). The summed E-state index contributed by atoms with van der Waals surface area (Å²) >= 11 is 0. The maximum atomic E-state index is 3.96. The number of hydrogen-bond donors (Lipinski definition) is 0. The molecule has 0 spiro atoms. The molecule has 0 saturated heterocycles. The van der Waals surface area contributed by atoms with Crippen LogP contribution in [0, 0.1) is 35.5 Å². The topological polar surface area (TPSA) is 0 Å². The second kappa shape index (κ2) is 11.5. The van der Waals surface area contributed by atoms with E-state index in [1.165, 1.54) is 77.0 Å². The van der Waals surface area contributed by atoms with Gasteiger partial charge < -0.3 is 0 Å². The summed E-state index contributed by atoms with van der Waals surface area (Å²) in [5, 5.41) is 0. The van der Waals surface area contributed by atoms with Gasteiger partial charge in [-0.05, 0) is 99.7 Å². The van der Waals surface area contributed by atoms with Gasteiger partial charge in [-0.3, -0.25) is 0 Å². The lowest BCUT2D eigenvalue weighted by Gasteiger charge is -2.38. The van der Waals surface area contributed by atoms with Crippen molar-refractivity contribution >= 4 is 0 Å². The van der Waals surface area contributed by atoms with Gasteiger partial charge in [0, 0.05) is 0 Å². The van der Waals surface area contributed by atoms with Crippen LogP contribution < -0.4 is 0 Å². The fourth-order valence-electron chi connectivity index (χ4n) is 6.50. The maximum Gasteiger partial charge on any atom is -0.0233 e. The Morgan fingerprint density at radius 2 is 1.19 bits per heavy atom. The summed E-state index contributed by atoms with van der Waals surface area (Å²) in [5.41, 5.74) is 0. The molecule has 0 bridgehead atoms. The van der Waals surface area contributed by atoms with Crippen LogP contribution in [0.3, 0.4) is 0 Å². The molecule has 0 nitrogen and oxygen atoms in total. The van der Waals surface area contributed by atoms with Gasteiger partial charge in [0.25, 0.3) is 0 Å². The van der Waals surface area contributed by atoms with Crippen LogP contribution in [0.25, 0.3) is 0 Å². The summed E-state index contributed by atoms with van der Waals surface area (Å²) in [6.07, 6.45) is 30.8. The fraction of sp³-hybridized carbons (Fsp3) is 0.852. The van der Waals surface area contributed by atoms with Crippen molar-refractivity contribution in [2.24, 2.45) is 35.5 Å². The third-order valence-corrected chi connectivity index (χ3v) is 8.45. The molecule has 0 amide bonds. The zero-order chi connectivity index (χ0) is 18.9. The van der Waals surface area contributed by atoms with E-state index in [0.717, 1.165) is 35.5 Å². The molecule has 0 aromatic carbocycles. The van der Waals surface area contributed by atoms with E-state index in [9.17, 15) is 0 Å². The first kappa shape index (κ1) is 21.2. The van der Waals surface area contributed by atoms with E-state index in [2.05, 4.69) is 31.7 Å². The molecule has 27 heavy (non-hydrogen) atoms. The van der Waals surface area contributed by atoms with Gasteiger partial charge in [-0.1, -0.05) is 63.7 Å². The molecule has 3 aliphatic rings. The van der Waals surface area contributed by atoms with Crippen molar-refractivity contribution in [2.75, 3.05) is 0 Å². The Morgan fingerprint density at radius 3 is 1.70 bits per heavy atom. The number of allylic oxidation sites excluding steroid dienone is 3. The molecule has 0 aliphatic heterocycles. The molecule has 0 unspecified atom stereocenters. The summed E-state index contributed by atoms with van der Waals surface area (Å²) in [7, 11) is 0. The van der Waals surface area contributed by atoms with Gasteiger partial charge >= 0.3 is 0 Å². The van der Waals surface area contributed by atoms with Crippen LogP contribution in [-0.4, -0.2) is 0 Å². The van der Waals surface area contributed by atoms with E-state index in [1.54, 1.807) is 25.7 Å². The Labute approximate surface area is 170 Å². The minimum absolute atomic E-state index is 0.798. The van der Waals surface area contributed by atoms with Gasteiger partial charge in [-0.2, -0.15) is 0 Å². The Balaban J connectivity index is 1.27. The average Bonchev–Trinajstić information content (AvgIpc) is 2.73. The van der Waals surface area contributed by atoms with E-state index < -0.39 is 0 Å². The third kappa shape index (κ3) is 6.79. The molecule has 0 aromatic heterocycles. The quantitative estimate of drug-likeness (QED) is 0.375. The molecule has 0 heteroatoms. The molecule has 0 atom stereocenters. The predicted molar refractivity (Wildman–Crippen MR) is 120 cm³/mol. The standard InChI is InChI=1S/C27H46/c1-3-7-23-14-18-26(19-15-23)27-20-16-25(17-21-27)9-6-5-8-24-12-10-22(4-2)11-13-24/h4-5,8,22-27H,2-3,6-7,9-21H2,1H3/b8-5+. The molecule has 0 heterocycles. The third-order valence-electron chi connectivity index (χ3n) is 8.45.